The third-order valence-electron chi connectivity index (χ3n) is 2.35. The van der Waals surface area contributed by atoms with Gasteiger partial charge in [-0.25, -0.2) is 0 Å². The zero-order chi connectivity index (χ0) is 11.3. The van der Waals surface area contributed by atoms with Gasteiger partial charge in [-0.1, -0.05) is 0 Å². The number of hydrogen-bond acceptors (Lipinski definition) is 5. The summed E-state index contributed by atoms with van der Waals surface area (Å²) in [7, 11) is 2.03. The Morgan fingerprint density at radius 3 is 2.67 bits per heavy atom. The third kappa shape index (κ3) is 3.35. The lowest BCUT2D eigenvalue weighted by Gasteiger charge is -2.24. The van der Waals surface area contributed by atoms with Gasteiger partial charge in [0.15, 0.2) is 5.82 Å². The van der Waals surface area contributed by atoms with E-state index in [0.717, 1.165) is 17.3 Å². The van der Waals surface area contributed by atoms with E-state index in [9.17, 15) is 0 Å². The molecule has 1 aromatic heterocycles. The Balaban J connectivity index is 2.69. The lowest BCUT2D eigenvalue weighted by molar-refractivity contribution is 0.738. The van der Waals surface area contributed by atoms with E-state index in [2.05, 4.69) is 28.3 Å². The molecule has 0 aliphatic rings. The first-order chi connectivity index (χ1) is 7.19. The van der Waals surface area contributed by atoms with Crippen molar-refractivity contribution in [2.75, 3.05) is 24.0 Å². The molecule has 5 heteroatoms. The smallest absolute Gasteiger partial charge is 0.151 e. The molecule has 1 heterocycles. The predicted molar refractivity (Wildman–Crippen MR) is 66.2 cm³/mol. The summed E-state index contributed by atoms with van der Waals surface area (Å²) in [5.74, 6) is 1.98. The minimum absolute atomic E-state index is 0.442. The zero-order valence-corrected chi connectivity index (χ0v) is 10.3. The van der Waals surface area contributed by atoms with Crippen LogP contribution in [-0.4, -0.2) is 35.3 Å². The molecule has 0 saturated heterocycles. The van der Waals surface area contributed by atoms with Crippen molar-refractivity contribution in [2.45, 2.75) is 19.5 Å². The molecule has 4 nitrogen and oxygen atoms in total. The van der Waals surface area contributed by atoms with Crippen LogP contribution < -0.4 is 10.6 Å². The topological polar surface area (TPSA) is 55.0 Å². The molecule has 0 spiro atoms. The van der Waals surface area contributed by atoms with Crippen molar-refractivity contribution in [3.63, 3.8) is 0 Å². The number of aromatic nitrogens is 2. The maximum atomic E-state index is 5.46. The van der Waals surface area contributed by atoms with Crippen LogP contribution in [0.1, 0.15) is 12.6 Å². The van der Waals surface area contributed by atoms with Crippen molar-refractivity contribution < 1.29 is 0 Å². The Labute approximate surface area is 95.3 Å². The Hall–Kier alpha value is -0.810. The quantitative estimate of drug-likeness (QED) is 0.815. The zero-order valence-electron chi connectivity index (χ0n) is 9.47. The van der Waals surface area contributed by atoms with E-state index in [1.54, 1.807) is 0 Å². The van der Waals surface area contributed by atoms with Gasteiger partial charge in [-0.2, -0.15) is 16.9 Å². The van der Waals surface area contributed by atoms with E-state index in [1.165, 1.54) is 0 Å². The van der Waals surface area contributed by atoms with Crippen LogP contribution in [-0.2, 0) is 6.54 Å². The fraction of sp³-hybridized carbons (Fsp3) is 0.600. The van der Waals surface area contributed by atoms with Gasteiger partial charge in [-0.05, 0) is 25.3 Å². The summed E-state index contributed by atoms with van der Waals surface area (Å²) >= 11 is 1.83. The van der Waals surface area contributed by atoms with E-state index in [0.29, 0.717) is 12.6 Å². The van der Waals surface area contributed by atoms with Crippen molar-refractivity contribution >= 4 is 17.6 Å². The molecule has 0 aliphatic carbocycles. The summed E-state index contributed by atoms with van der Waals surface area (Å²) in [6, 6.07) is 4.34. The van der Waals surface area contributed by atoms with Crippen LogP contribution in [0.15, 0.2) is 12.1 Å². The average molecular weight is 226 g/mol. The minimum Gasteiger partial charge on any atom is -0.355 e. The highest BCUT2D eigenvalue weighted by molar-refractivity contribution is 7.98. The molecule has 2 N–H and O–H groups in total. The van der Waals surface area contributed by atoms with Gasteiger partial charge >= 0.3 is 0 Å². The van der Waals surface area contributed by atoms with Crippen LogP contribution in [0, 0.1) is 0 Å². The van der Waals surface area contributed by atoms with Gasteiger partial charge in [0, 0.05) is 25.4 Å². The molecule has 1 unspecified atom stereocenters. The minimum atomic E-state index is 0.442. The summed E-state index contributed by atoms with van der Waals surface area (Å²) in [5, 5.41) is 8.18. The Morgan fingerprint density at radius 2 is 2.20 bits per heavy atom. The maximum Gasteiger partial charge on any atom is 0.151 e. The van der Waals surface area contributed by atoms with Gasteiger partial charge in [0.05, 0.1) is 5.69 Å². The molecule has 0 fully saturated rings. The Morgan fingerprint density at radius 1 is 1.47 bits per heavy atom. The predicted octanol–water partition coefficient (Wildman–Crippen LogP) is 1.12. The first-order valence-corrected chi connectivity index (χ1v) is 6.33. The highest BCUT2D eigenvalue weighted by Crippen LogP contribution is 2.13. The molecule has 0 aromatic carbocycles. The number of anilines is 1. The van der Waals surface area contributed by atoms with Crippen molar-refractivity contribution in [1.29, 1.82) is 0 Å². The van der Waals surface area contributed by atoms with Gasteiger partial charge in [0.2, 0.25) is 0 Å². The van der Waals surface area contributed by atoms with Gasteiger partial charge in [-0.3, -0.25) is 0 Å². The van der Waals surface area contributed by atoms with Crippen molar-refractivity contribution in [3.8, 4) is 0 Å². The largest absolute Gasteiger partial charge is 0.355 e. The van der Waals surface area contributed by atoms with E-state index in [4.69, 9.17) is 5.73 Å². The second-order valence-corrected chi connectivity index (χ2v) is 4.41. The van der Waals surface area contributed by atoms with E-state index in [-0.39, 0.29) is 0 Å². The Bertz CT molecular complexity index is 288. The number of hydrogen-bond donors (Lipinski definition) is 1. The standard InChI is InChI=1S/C10H18N4S/c1-8(7-15-3)14(2)10-5-4-9(6-11)12-13-10/h4-5,8H,6-7,11H2,1-3H3. The lowest BCUT2D eigenvalue weighted by Crippen LogP contribution is -2.31. The normalized spacial score (nSPS) is 12.5. The number of nitrogens with two attached hydrogens (primary N) is 1. The van der Waals surface area contributed by atoms with E-state index < -0.39 is 0 Å². The molecule has 0 bridgehead atoms. The first kappa shape index (κ1) is 12.3. The van der Waals surface area contributed by atoms with Crippen molar-refractivity contribution in [3.05, 3.63) is 17.8 Å². The molecular weight excluding hydrogens is 208 g/mol. The molecule has 1 atom stereocenters. The number of thioether (sulfide) groups is 1. The van der Waals surface area contributed by atoms with Crippen LogP contribution in [0.4, 0.5) is 5.82 Å². The van der Waals surface area contributed by atoms with Crippen LogP contribution >= 0.6 is 11.8 Å². The maximum absolute atomic E-state index is 5.46. The summed E-state index contributed by atoms with van der Waals surface area (Å²) in [5.41, 5.74) is 6.29. The SMILES string of the molecule is CSCC(C)N(C)c1ccc(CN)nn1. The molecule has 1 aromatic rings. The molecule has 0 amide bonds. The summed E-state index contributed by atoms with van der Waals surface area (Å²) in [6.07, 6.45) is 2.10. The Kier molecular flexibility index (Phi) is 4.84. The molecule has 1 rings (SSSR count). The fourth-order valence-corrected chi connectivity index (χ4v) is 1.93. The monoisotopic (exact) mass is 226 g/mol. The van der Waals surface area contributed by atoms with Gasteiger partial charge in [-0.15, -0.1) is 5.10 Å². The van der Waals surface area contributed by atoms with Crippen molar-refractivity contribution in [2.24, 2.45) is 5.73 Å². The fourth-order valence-electron chi connectivity index (χ4n) is 1.23. The molecule has 84 valence electrons. The number of nitrogens with zero attached hydrogens (tertiary/aromatic N) is 3. The number of rotatable bonds is 5. The molecule has 0 saturated carbocycles. The highest BCUT2D eigenvalue weighted by atomic mass is 32.2. The van der Waals surface area contributed by atoms with Crippen LogP contribution in [0.25, 0.3) is 0 Å². The van der Waals surface area contributed by atoms with Gasteiger partial charge in [0.25, 0.3) is 0 Å². The molecular formula is C10H18N4S. The molecule has 0 aliphatic heterocycles. The van der Waals surface area contributed by atoms with Crippen LogP contribution in [0.2, 0.25) is 0 Å². The third-order valence-corrected chi connectivity index (χ3v) is 3.16. The molecule has 0 radical (unpaired) electrons. The average Bonchev–Trinajstić information content (AvgIpc) is 2.28. The van der Waals surface area contributed by atoms with E-state index >= 15 is 0 Å². The van der Waals surface area contributed by atoms with Gasteiger partial charge < -0.3 is 10.6 Å². The highest BCUT2D eigenvalue weighted by Gasteiger charge is 2.10. The van der Waals surface area contributed by atoms with E-state index in [1.807, 2.05) is 30.9 Å². The summed E-state index contributed by atoms with van der Waals surface area (Å²) in [6.45, 7) is 2.62. The summed E-state index contributed by atoms with van der Waals surface area (Å²) in [4.78, 5) is 2.13. The second kappa shape index (κ2) is 5.92. The first-order valence-electron chi connectivity index (χ1n) is 4.93. The van der Waals surface area contributed by atoms with Crippen LogP contribution in [0.3, 0.4) is 0 Å². The molecule has 15 heavy (non-hydrogen) atoms. The second-order valence-electron chi connectivity index (χ2n) is 3.50. The lowest BCUT2D eigenvalue weighted by atomic mass is 10.3. The van der Waals surface area contributed by atoms with Crippen molar-refractivity contribution in [1.82, 2.24) is 10.2 Å². The summed E-state index contributed by atoms with van der Waals surface area (Å²) < 4.78 is 0. The van der Waals surface area contributed by atoms with Crippen LogP contribution in [0.5, 0.6) is 0 Å². The van der Waals surface area contributed by atoms with Gasteiger partial charge in [0.1, 0.15) is 0 Å².